The van der Waals surface area contributed by atoms with Gasteiger partial charge in [0.2, 0.25) is 0 Å². The van der Waals surface area contributed by atoms with Crippen molar-refractivity contribution in [3.8, 4) is 5.75 Å². The molecule has 1 aromatic carbocycles. The summed E-state index contributed by atoms with van der Waals surface area (Å²) in [6, 6.07) is 4.55. The van der Waals surface area contributed by atoms with Crippen molar-refractivity contribution in [3.63, 3.8) is 0 Å². The molecule has 1 fully saturated rings. The van der Waals surface area contributed by atoms with Gasteiger partial charge in [0.1, 0.15) is 11.9 Å². The van der Waals surface area contributed by atoms with Gasteiger partial charge in [-0.2, -0.15) is 0 Å². The second-order valence-corrected chi connectivity index (χ2v) is 4.81. The third-order valence-corrected chi connectivity index (χ3v) is 3.29. The van der Waals surface area contributed by atoms with Crippen LogP contribution in [0.15, 0.2) is 22.7 Å². The van der Waals surface area contributed by atoms with Crippen molar-refractivity contribution in [2.24, 2.45) is 0 Å². The summed E-state index contributed by atoms with van der Waals surface area (Å²) in [4.78, 5) is 10.2. The van der Waals surface area contributed by atoms with E-state index >= 15 is 0 Å². The number of hydrogen-bond acceptors (Lipinski definition) is 4. The number of nitro benzene ring substituents is 1. The van der Waals surface area contributed by atoms with Gasteiger partial charge in [-0.15, -0.1) is 0 Å². The topological polar surface area (TPSA) is 64.4 Å². The number of non-ortho nitro benzene ring substituents is 1. The molecule has 6 heteroatoms. The lowest BCUT2D eigenvalue weighted by Gasteiger charge is -2.24. The van der Waals surface area contributed by atoms with Gasteiger partial charge >= 0.3 is 0 Å². The lowest BCUT2D eigenvalue weighted by Crippen LogP contribution is -2.37. The average molecular weight is 301 g/mol. The lowest BCUT2D eigenvalue weighted by atomic mass is 10.1. The van der Waals surface area contributed by atoms with Gasteiger partial charge in [-0.3, -0.25) is 10.1 Å². The Balaban J connectivity index is 2.08. The number of nitrogens with one attached hydrogen (secondary N) is 1. The van der Waals surface area contributed by atoms with Crippen LogP contribution in [0.1, 0.15) is 12.8 Å². The van der Waals surface area contributed by atoms with Crippen LogP contribution in [0.5, 0.6) is 5.75 Å². The van der Waals surface area contributed by atoms with Crippen LogP contribution >= 0.6 is 15.9 Å². The molecule has 1 aliphatic rings. The Bertz CT molecular complexity index is 419. The van der Waals surface area contributed by atoms with E-state index in [0.29, 0.717) is 10.2 Å². The van der Waals surface area contributed by atoms with Crippen LogP contribution in [0.3, 0.4) is 0 Å². The van der Waals surface area contributed by atoms with E-state index in [9.17, 15) is 10.1 Å². The molecule has 0 bridgehead atoms. The van der Waals surface area contributed by atoms with E-state index in [1.54, 1.807) is 6.07 Å². The minimum atomic E-state index is -0.420. The SMILES string of the molecule is O=[N+]([O-])c1ccc(O[C@H]2CCCNC2)c(Br)c1. The summed E-state index contributed by atoms with van der Waals surface area (Å²) in [5, 5.41) is 13.8. The third-order valence-electron chi connectivity index (χ3n) is 2.67. The highest BCUT2D eigenvalue weighted by Gasteiger charge is 2.17. The lowest BCUT2D eigenvalue weighted by molar-refractivity contribution is -0.385. The molecule has 92 valence electrons. The molecule has 0 aromatic heterocycles. The monoisotopic (exact) mass is 300 g/mol. The maximum absolute atomic E-state index is 10.6. The van der Waals surface area contributed by atoms with Crippen molar-refractivity contribution in [1.82, 2.24) is 5.32 Å². The molecular weight excluding hydrogens is 288 g/mol. The van der Waals surface area contributed by atoms with Crippen LogP contribution in [0.25, 0.3) is 0 Å². The Labute approximate surface area is 107 Å². The van der Waals surface area contributed by atoms with Gasteiger partial charge in [0.15, 0.2) is 0 Å². The van der Waals surface area contributed by atoms with E-state index < -0.39 is 4.92 Å². The number of benzene rings is 1. The van der Waals surface area contributed by atoms with Gasteiger partial charge in [0, 0.05) is 18.7 Å². The first-order chi connectivity index (χ1) is 8.16. The van der Waals surface area contributed by atoms with Crippen LogP contribution in [0.2, 0.25) is 0 Å². The minimum Gasteiger partial charge on any atom is -0.488 e. The molecule has 5 nitrogen and oxygen atoms in total. The minimum absolute atomic E-state index is 0.0611. The molecule has 0 radical (unpaired) electrons. The second-order valence-electron chi connectivity index (χ2n) is 3.96. The van der Waals surface area contributed by atoms with E-state index in [0.717, 1.165) is 25.9 Å². The number of ether oxygens (including phenoxy) is 1. The maximum atomic E-state index is 10.6. The van der Waals surface area contributed by atoms with Crippen molar-refractivity contribution in [2.45, 2.75) is 18.9 Å². The zero-order valence-electron chi connectivity index (χ0n) is 9.19. The summed E-state index contributed by atoms with van der Waals surface area (Å²) in [5.41, 5.74) is 0.0611. The molecule has 2 rings (SSSR count). The van der Waals surface area contributed by atoms with Crippen molar-refractivity contribution < 1.29 is 9.66 Å². The van der Waals surface area contributed by atoms with Gasteiger partial charge in [0.05, 0.1) is 9.40 Å². The van der Waals surface area contributed by atoms with Gasteiger partial charge in [-0.25, -0.2) is 0 Å². The van der Waals surface area contributed by atoms with Crippen LogP contribution in [-0.4, -0.2) is 24.1 Å². The molecule has 0 aliphatic carbocycles. The Morgan fingerprint density at radius 3 is 2.94 bits per heavy atom. The predicted octanol–water partition coefficient (Wildman–Crippen LogP) is 2.49. The number of piperidine rings is 1. The van der Waals surface area contributed by atoms with Gasteiger partial charge < -0.3 is 10.1 Å². The summed E-state index contributed by atoms with van der Waals surface area (Å²) >= 11 is 3.29. The van der Waals surface area contributed by atoms with Gasteiger partial charge in [0.25, 0.3) is 5.69 Å². The number of nitro groups is 1. The van der Waals surface area contributed by atoms with Gasteiger partial charge in [-0.1, -0.05) is 0 Å². The smallest absolute Gasteiger partial charge is 0.270 e. The summed E-state index contributed by atoms with van der Waals surface area (Å²) in [6.07, 6.45) is 2.24. The van der Waals surface area contributed by atoms with E-state index in [-0.39, 0.29) is 11.8 Å². The van der Waals surface area contributed by atoms with Crippen molar-refractivity contribution in [1.29, 1.82) is 0 Å². The number of nitrogens with zero attached hydrogens (tertiary/aromatic N) is 1. The van der Waals surface area contributed by atoms with Crippen LogP contribution in [-0.2, 0) is 0 Å². The number of rotatable bonds is 3. The van der Waals surface area contributed by atoms with Gasteiger partial charge in [-0.05, 0) is 41.4 Å². The third kappa shape index (κ3) is 3.17. The highest BCUT2D eigenvalue weighted by atomic mass is 79.9. The maximum Gasteiger partial charge on any atom is 0.270 e. The molecule has 1 atom stereocenters. The molecule has 0 amide bonds. The molecule has 1 aromatic rings. The normalized spacial score (nSPS) is 19.9. The molecule has 1 heterocycles. The standard InChI is InChI=1S/C11H13BrN2O3/c12-10-6-8(14(15)16)3-4-11(10)17-9-2-1-5-13-7-9/h3-4,6,9,13H,1-2,5,7H2/t9-/m0/s1. The summed E-state index contributed by atoms with van der Waals surface area (Å²) < 4.78 is 6.41. The van der Waals surface area contributed by atoms with Crippen molar-refractivity contribution in [3.05, 3.63) is 32.8 Å². The second kappa shape index (κ2) is 5.46. The fraction of sp³-hybridized carbons (Fsp3) is 0.455. The largest absolute Gasteiger partial charge is 0.488 e. The zero-order valence-corrected chi connectivity index (χ0v) is 10.8. The quantitative estimate of drug-likeness (QED) is 0.688. The summed E-state index contributed by atoms with van der Waals surface area (Å²) in [7, 11) is 0. The Morgan fingerprint density at radius 1 is 1.53 bits per heavy atom. The average Bonchev–Trinajstić information content (AvgIpc) is 2.33. The Kier molecular flexibility index (Phi) is 3.96. The molecule has 0 saturated carbocycles. The van der Waals surface area contributed by atoms with Crippen LogP contribution in [0.4, 0.5) is 5.69 Å². The van der Waals surface area contributed by atoms with E-state index in [4.69, 9.17) is 4.74 Å². The predicted molar refractivity (Wildman–Crippen MR) is 67.3 cm³/mol. The molecular formula is C11H13BrN2O3. The summed E-state index contributed by atoms with van der Waals surface area (Å²) in [6.45, 7) is 1.85. The molecule has 0 unspecified atom stereocenters. The molecule has 1 N–H and O–H groups in total. The Morgan fingerprint density at radius 2 is 2.35 bits per heavy atom. The summed E-state index contributed by atoms with van der Waals surface area (Å²) in [5.74, 6) is 0.657. The van der Waals surface area contributed by atoms with Crippen molar-refractivity contribution >= 4 is 21.6 Å². The van der Waals surface area contributed by atoms with Crippen LogP contribution < -0.4 is 10.1 Å². The first-order valence-corrected chi connectivity index (χ1v) is 6.27. The molecule has 17 heavy (non-hydrogen) atoms. The van der Waals surface area contributed by atoms with Crippen molar-refractivity contribution in [2.75, 3.05) is 13.1 Å². The highest BCUT2D eigenvalue weighted by molar-refractivity contribution is 9.10. The fourth-order valence-electron chi connectivity index (χ4n) is 1.80. The zero-order chi connectivity index (χ0) is 12.3. The van der Waals surface area contributed by atoms with E-state index in [1.807, 2.05) is 0 Å². The first-order valence-electron chi connectivity index (χ1n) is 5.48. The highest BCUT2D eigenvalue weighted by Crippen LogP contribution is 2.30. The fourth-order valence-corrected chi connectivity index (χ4v) is 2.26. The molecule has 0 spiro atoms. The Hall–Kier alpha value is -1.14. The first kappa shape index (κ1) is 12.3. The van der Waals surface area contributed by atoms with E-state index in [2.05, 4.69) is 21.2 Å². The molecule has 1 saturated heterocycles. The van der Waals surface area contributed by atoms with Crippen LogP contribution in [0, 0.1) is 10.1 Å². The van der Waals surface area contributed by atoms with E-state index in [1.165, 1.54) is 12.1 Å². The number of hydrogen-bond donors (Lipinski definition) is 1. The molecule has 1 aliphatic heterocycles. The number of halogens is 1.